The largest absolute Gasteiger partial charge is 0.467 e. The van der Waals surface area contributed by atoms with Crippen LogP contribution < -0.4 is 15.4 Å². The molecule has 0 bridgehead atoms. The molecule has 4 aliphatic heterocycles. The zero-order chi connectivity index (χ0) is 34.4. The number of fused-ring (bicyclic) bond motifs is 2. The van der Waals surface area contributed by atoms with Gasteiger partial charge in [-0.2, -0.15) is 9.97 Å². The van der Waals surface area contributed by atoms with Gasteiger partial charge in [-0.15, -0.1) is 6.42 Å². The number of nitrogens with two attached hydrogens (primary N) is 1. The quantitative estimate of drug-likeness (QED) is 0.353. The van der Waals surface area contributed by atoms with Crippen LogP contribution in [-0.2, 0) is 24.2 Å². The van der Waals surface area contributed by atoms with Gasteiger partial charge in [0.1, 0.15) is 17.7 Å². The van der Waals surface area contributed by atoms with E-state index in [1.807, 2.05) is 0 Å². The highest BCUT2D eigenvalue weighted by Gasteiger charge is 2.35. The van der Waals surface area contributed by atoms with Crippen LogP contribution in [0.5, 0.6) is 6.01 Å². The molecule has 10 nitrogen and oxygen atoms in total. The number of carbonyl (C=O) groups excluding carboxylic acids is 1. The van der Waals surface area contributed by atoms with Gasteiger partial charge < -0.3 is 20.3 Å². The molecule has 2 N–H and O–H groups in total. The molecule has 6 rings (SSSR count). The molecule has 3 atom stereocenters. The number of methoxy groups -OCH3 is 1. The fourth-order valence-corrected chi connectivity index (χ4v) is 7.40. The minimum absolute atomic E-state index is 0.0266. The van der Waals surface area contributed by atoms with E-state index in [-0.39, 0.29) is 17.6 Å². The molecular weight excluding hydrogens is 607 g/mol. The van der Waals surface area contributed by atoms with Gasteiger partial charge in [-0.05, 0) is 56.8 Å². The predicted molar refractivity (Wildman–Crippen MR) is 189 cm³/mol. The van der Waals surface area contributed by atoms with E-state index in [2.05, 4.69) is 58.9 Å². The molecule has 2 fully saturated rings. The second-order valence-electron chi connectivity index (χ2n) is 13.4. The smallest absolute Gasteiger partial charge is 0.318 e. The summed E-state index contributed by atoms with van der Waals surface area (Å²) in [5, 5.41) is 0. The average molecular weight is 659 g/mol. The number of amides is 1. The maximum atomic E-state index is 12.6. The van der Waals surface area contributed by atoms with Gasteiger partial charge in [-0.3, -0.25) is 19.6 Å². The Morgan fingerprint density at radius 1 is 1.19 bits per heavy atom. The monoisotopic (exact) mass is 658 g/mol. The van der Waals surface area contributed by atoms with Crippen molar-refractivity contribution in [1.82, 2.24) is 24.7 Å². The van der Waals surface area contributed by atoms with E-state index in [9.17, 15) is 9.18 Å². The second kappa shape index (κ2) is 15.9. The number of aryl methyl sites for hydroxylation is 1. The van der Waals surface area contributed by atoms with Crippen LogP contribution in [-0.4, -0.2) is 109 Å². The summed E-state index contributed by atoms with van der Waals surface area (Å²) in [4.78, 5) is 35.2. The first kappa shape index (κ1) is 35.3. The summed E-state index contributed by atoms with van der Waals surface area (Å²) in [7, 11) is 7.05. The van der Waals surface area contributed by atoms with Crippen molar-refractivity contribution in [2.45, 2.75) is 76.7 Å². The number of halogens is 1. The third-order valence-corrected chi connectivity index (χ3v) is 9.82. The number of hydrogen-bond acceptors (Lipinski definition) is 9. The number of nitrogens with zero attached hydrogens (tertiary/aromatic N) is 7. The van der Waals surface area contributed by atoms with Gasteiger partial charge in [0.25, 0.3) is 5.91 Å². The SMILES string of the molecule is C#C/C(C1=NCCCN(c2nc(OC)nc3c2CN(C)C(c2ccccc2CCC)C3)C1)=C(/N)C(=O)N(C)C.FC1CC2CCCN2C1. The summed E-state index contributed by atoms with van der Waals surface area (Å²) in [6.45, 7) is 6.47. The zero-order valence-corrected chi connectivity index (χ0v) is 29.2. The van der Waals surface area contributed by atoms with E-state index >= 15 is 0 Å². The van der Waals surface area contributed by atoms with Crippen molar-refractivity contribution in [3.8, 4) is 18.4 Å². The highest BCUT2D eigenvalue weighted by molar-refractivity contribution is 6.12. The Bertz CT molecular complexity index is 1550. The first-order valence-corrected chi connectivity index (χ1v) is 17.2. The van der Waals surface area contributed by atoms with Crippen LogP contribution in [0.2, 0.25) is 0 Å². The molecular formula is C37H51FN8O2. The Balaban J connectivity index is 0.000000427. The molecule has 5 heterocycles. The van der Waals surface area contributed by atoms with E-state index in [1.165, 1.54) is 28.9 Å². The Kier molecular flexibility index (Phi) is 11.7. The number of aliphatic imine (C=N–C) groups is 1. The molecule has 1 amide bonds. The Labute approximate surface area is 285 Å². The van der Waals surface area contributed by atoms with Crippen LogP contribution in [0, 0.1) is 12.3 Å². The predicted octanol–water partition coefficient (Wildman–Crippen LogP) is 3.94. The molecule has 1 aromatic heterocycles. The third kappa shape index (κ3) is 7.82. The van der Waals surface area contributed by atoms with E-state index in [1.54, 1.807) is 21.2 Å². The van der Waals surface area contributed by atoms with Gasteiger partial charge in [-0.1, -0.05) is 43.5 Å². The molecule has 2 saturated heterocycles. The number of hydrogen-bond donors (Lipinski definition) is 1. The second-order valence-corrected chi connectivity index (χ2v) is 13.4. The fraction of sp³-hybridized carbons (Fsp3) is 0.568. The van der Waals surface area contributed by atoms with Crippen LogP contribution >= 0.6 is 0 Å². The van der Waals surface area contributed by atoms with Crippen molar-refractivity contribution in [2.24, 2.45) is 10.7 Å². The molecule has 3 unspecified atom stereocenters. The Morgan fingerprint density at radius 3 is 2.69 bits per heavy atom. The lowest BCUT2D eigenvalue weighted by molar-refractivity contribution is -0.124. The zero-order valence-electron chi connectivity index (χ0n) is 29.2. The number of likely N-dealkylation sites (N-methyl/N-ethyl adjacent to an activating group) is 2. The van der Waals surface area contributed by atoms with Crippen molar-refractivity contribution >= 4 is 17.4 Å². The number of alkyl halides is 1. The molecule has 258 valence electrons. The van der Waals surface area contributed by atoms with Crippen molar-refractivity contribution in [3.05, 3.63) is 57.9 Å². The number of rotatable bonds is 7. The molecule has 4 aliphatic rings. The highest BCUT2D eigenvalue weighted by atomic mass is 19.1. The third-order valence-electron chi connectivity index (χ3n) is 9.82. The van der Waals surface area contributed by atoms with Gasteiger partial charge >= 0.3 is 6.01 Å². The van der Waals surface area contributed by atoms with Gasteiger partial charge in [-0.25, -0.2) is 4.39 Å². The fourth-order valence-electron chi connectivity index (χ4n) is 7.40. The first-order chi connectivity index (χ1) is 23.1. The van der Waals surface area contributed by atoms with Crippen LogP contribution in [0.15, 0.2) is 40.5 Å². The number of anilines is 1. The number of benzene rings is 1. The maximum absolute atomic E-state index is 12.6. The number of ether oxygens (including phenoxy) is 1. The summed E-state index contributed by atoms with van der Waals surface area (Å²) < 4.78 is 18.2. The van der Waals surface area contributed by atoms with Crippen LogP contribution in [0.3, 0.4) is 0 Å². The van der Waals surface area contributed by atoms with Crippen LogP contribution in [0.1, 0.15) is 67.5 Å². The average Bonchev–Trinajstić information content (AvgIpc) is 3.57. The van der Waals surface area contributed by atoms with Crippen LogP contribution in [0.4, 0.5) is 10.2 Å². The lowest BCUT2D eigenvalue weighted by Crippen LogP contribution is -2.37. The minimum atomic E-state index is -0.518. The summed E-state index contributed by atoms with van der Waals surface area (Å²) >= 11 is 0. The van der Waals surface area contributed by atoms with E-state index in [0.29, 0.717) is 49.5 Å². The molecule has 0 spiro atoms. The van der Waals surface area contributed by atoms with Crippen molar-refractivity contribution in [3.63, 3.8) is 0 Å². The number of carbonyl (C=O) groups is 1. The molecule has 1 aromatic carbocycles. The number of aromatic nitrogens is 2. The number of terminal acetylenes is 1. The Morgan fingerprint density at radius 2 is 1.98 bits per heavy atom. The molecule has 0 aliphatic carbocycles. The highest BCUT2D eigenvalue weighted by Crippen LogP contribution is 2.38. The topological polar surface area (TPSA) is 103 Å². The van der Waals surface area contributed by atoms with Crippen LogP contribution in [0.25, 0.3) is 0 Å². The lowest BCUT2D eigenvalue weighted by atomic mass is 9.89. The molecule has 0 radical (unpaired) electrons. The van der Waals surface area contributed by atoms with E-state index < -0.39 is 6.17 Å². The van der Waals surface area contributed by atoms with E-state index in [4.69, 9.17) is 31.9 Å². The lowest BCUT2D eigenvalue weighted by Gasteiger charge is -2.37. The van der Waals surface area contributed by atoms with Crippen molar-refractivity contribution < 1.29 is 13.9 Å². The molecule has 48 heavy (non-hydrogen) atoms. The summed E-state index contributed by atoms with van der Waals surface area (Å²) in [5.74, 6) is 3.10. The van der Waals surface area contributed by atoms with Gasteiger partial charge in [0.05, 0.1) is 30.6 Å². The van der Waals surface area contributed by atoms with E-state index in [0.717, 1.165) is 62.3 Å². The summed E-state index contributed by atoms with van der Waals surface area (Å²) in [5.41, 5.74) is 12.0. The first-order valence-electron chi connectivity index (χ1n) is 17.2. The van der Waals surface area contributed by atoms with Gasteiger partial charge in [0.2, 0.25) is 0 Å². The van der Waals surface area contributed by atoms with Gasteiger partial charge in [0.15, 0.2) is 0 Å². The molecule has 11 heteroatoms. The summed E-state index contributed by atoms with van der Waals surface area (Å²) in [6.07, 6.45) is 12.4. The summed E-state index contributed by atoms with van der Waals surface area (Å²) in [6, 6.07) is 9.86. The normalized spacial score (nSPS) is 23.1. The van der Waals surface area contributed by atoms with Crippen molar-refractivity contribution in [2.75, 3.05) is 65.9 Å². The molecule has 2 aromatic rings. The molecule has 0 saturated carbocycles. The minimum Gasteiger partial charge on any atom is -0.467 e. The maximum Gasteiger partial charge on any atom is 0.318 e. The Hall–Kier alpha value is -4.01. The van der Waals surface area contributed by atoms with Crippen molar-refractivity contribution in [1.29, 1.82) is 0 Å². The van der Waals surface area contributed by atoms with Gasteiger partial charge in [0, 0.05) is 64.3 Å². The standard InChI is InChI=1S/C30H39N7O2.C7H12FN/c1-7-12-20-13-9-10-14-22(20)26-17-24-23(18-36(26)5)28(34-30(33-24)39-6)37-16-11-15-32-25(19-37)21(8-2)27(31)29(38)35(3)4;8-6-4-7-2-1-3-9(7)5-6/h2,9-10,13-14,26H,7,11-12,15-19,31H2,1,3-6H3;6-7H,1-5H2/b27-21-;.